The number of benzene rings is 3. The standard InChI is InChI=1S/C27H29N3O5S/c1-19-15-20(2)26(21(3)16-19)36(34,35)30(14-13-22-9-5-4-6-10-22)18-25(31)29-28-17-23-11-7-8-12-24(23)27(32)33/h4-12,15-17H,13-14,18H2,1-3H3,(H,29,31)(H,32,33)/b28-17+. The average molecular weight is 508 g/mol. The molecule has 0 heterocycles. The summed E-state index contributed by atoms with van der Waals surface area (Å²) in [6.45, 7) is 5.04. The second-order valence-corrected chi connectivity index (χ2v) is 10.4. The van der Waals surface area contributed by atoms with E-state index in [1.165, 1.54) is 12.3 Å². The SMILES string of the molecule is Cc1cc(C)c(S(=O)(=O)N(CCc2ccccc2)CC(=O)N/N=C/c2ccccc2C(=O)O)c(C)c1. The molecular weight excluding hydrogens is 478 g/mol. The molecule has 0 saturated carbocycles. The zero-order valence-corrected chi connectivity index (χ0v) is 21.2. The normalized spacial score (nSPS) is 11.7. The number of amides is 1. The predicted molar refractivity (Wildman–Crippen MR) is 139 cm³/mol. The summed E-state index contributed by atoms with van der Waals surface area (Å²) in [5.41, 5.74) is 5.78. The molecular formula is C27H29N3O5S. The Labute approximate surface area is 211 Å². The molecule has 0 aliphatic carbocycles. The molecule has 0 aliphatic heterocycles. The monoisotopic (exact) mass is 507 g/mol. The molecule has 8 nitrogen and oxygen atoms in total. The molecule has 0 spiro atoms. The highest BCUT2D eigenvalue weighted by atomic mass is 32.2. The lowest BCUT2D eigenvalue weighted by atomic mass is 10.1. The van der Waals surface area contributed by atoms with E-state index < -0.39 is 28.4 Å². The van der Waals surface area contributed by atoms with Crippen LogP contribution in [0, 0.1) is 20.8 Å². The molecule has 3 rings (SSSR count). The van der Waals surface area contributed by atoms with Gasteiger partial charge in [0.15, 0.2) is 0 Å². The molecule has 0 aliphatic rings. The Morgan fingerprint density at radius 2 is 1.58 bits per heavy atom. The number of carbonyl (C=O) groups is 2. The van der Waals surface area contributed by atoms with Crippen LogP contribution >= 0.6 is 0 Å². The van der Waals surface area contributed by atoms with Crippen molar-refractivity contribution in [2.24, 2.45) is 5.10 Å². The topological polar surface area (TPSA) is 116 Å². The number of carboxylic acid groups (broad SMARTS) is 1. The minimum absolute atomic E-state index is 0.0351. The number of aromatic carboxylic acids is 1. The number of hydrazone groups is 1. The maximum atomic E-state index is 13.7. The second-order valence-electron chi connectivity index (χ2n) is 8.49. The van der Waals surface area contributed by atoms with Crippen molar-refractivity contribution in [2.45, 2.75) is 32.1 Å². The number of carbonyl (C=O) groups excluding carboxylic acids is 1. The Morgan fingerprint density at radius 3 is 2.22 bits per heavy atom. The summed E-state index contributed by atoms with van der Waals surface area (Å²) in [4.78, 5) is 24.3. The van der Waals surface area contributed by atoms with Crippen LogP contribution in [0.4, 0.5) is 0 Å². The van der Waals surface area contributed by atoms with Gasteiger partial charge in [0.05, 0.1) is 23.2 Å². The maximum Gasteiger partial charge on any atom is 0.336 e. The van der Waals surface area contributed by atoms with E-state index in [-0.39, 0.29) is 17.0 Å². The van der Waals surface area contributed by atoms with Gasteiger partial charge in [-0.1, -0.05) is 66.2 Å². The molecule has 0 unspecified atom stereocenters. The first-order chi connectivity index (χ1) is 17.1. The van der Waals surface area contributed by atoms with E-state index >= 15 is 0 Å². The van der Waals surface area contributed by atoms with E-state index in [1.807, 2.05) is 37.3 Å². The van der Waals surface area contributed by atoms with Gasteiger partial charge >= 0.3 is 5.97 Å². The lowest BCUT2D eigenvalue weighted by molar-refractivity contribution is -0.121. The van der Waals surface area contributed by atoms with Gasteiger partial charge in [-0.2, -0.15) is 9.41 Å². The third-order valence-electron chi connectivity index (χ3n) is 5.60. The van der Waals surface area contributed by atoms with E-state index in [0.717, 1.165) is 15.4 Å². The van der Waals surface area contributed by atoms with E-state index in [4.69, 9.17) is 0 Å². The number of sulfonamides is 1. The lowest BCUT2D eigenvalue weighted by Crippen LogP contribution is -2.41. The molecule has 0 fully saturated rings. The molecule has 0 bridgehead atoms. The van der Waals surface area contributed by atoms with Gasteiger partial charge in [-0.05, 0) is 49.9 Å². The van der Waals surface area contributed by atoms with Gasteiger partial charge in [0.1, 0.15) is 0 Å². The van der Waals surface area contributed by atoms with Crippen molar-refractivity contribution in [3.63, 3.8) is 0 Å². The molecule has 2 N–H and O–H groups in total. The Balaban J connectivity index is 1.83. The van der Waals surface area contributed by atoms with Crippen LogP contribution in [-0.4, -0.2) is 49.0 Å². The Bertz CT molecular complexity index is 1360. The van der Waals surface area contributed by atoms with E-state index in [0.29, 0.717) is 23.1 Å². The summed E-state index contributed by atoms with van der Waals surface area (Å²) in [5, 5.41) is 13.1. The maximum absolute atomic E-state index is 13.7. The van der Waals surface area contributed by atoms with Crippen molar-refractivity contribution < 1.29 is 23.1 Å². The van der Waals surface area contributed by atoms with Crippen LogP contribution < -0.4 is 5.43 Å². The van der Waals surface area contributed by atoms with Gasteiger partial charge < -0.3 is 5.11 Å². The van der Waals surface area contributed by atoms with Crippen LogP contribution in [-0.2, 0) is 21.2 Å². The number of hydrogen-bond donors (Lipinski definition) is 2. The highest BCUT2D eigenvalue weighted by Crippen LogP contribution is 2.25. The van der Waals surface area contributed by atoms with E-state index in [2.05, 4.69) is 10.5 Å². The molecule has 188 valence electrons. The van der Waals surface area contributed by atoms with Gasteiger partial charge in [0.25, 0.3) is 5.91 Å². The van der Waals surface area contributed by atoms with Crippen LogP contribution in [0.1, 0.15) is 38.2 Å². The zero-order chi connectivity index (χ0) is 26.3. The fourth-order valence-corrected chi connectivity index (χ4v) is 5.87. The molecule has 3 aromatic rings. The number of carboxylic acids is 1. The summed E-state index contributed by atoms with van der Waals surface area (Å²) in [5.74, 6) is -1.76. The second kappa shape index (κ2) is 11.7. The Morgan fingerprint density at radius 1 is 0.972 bits per heavy atom. The van der Waals surface area contributed by atoms with Crippen LogP contribution in [0.5, 0.6) is 0 Å². The van der Waals surface area contributed by atoms with E-state index in [9.17, 15) is 23.1 Å². The first-order valence-corrected chi connectivity index (χ1v) is 12.8. The number of nitrogens with one attached hydrogen (secondary N) is 1. The summed E-state index contributed by atoms with van der Waals surface area (Å²) in [6.07, 6.45) is 1.64. The predicted octanol–water partition coefficient (Wildman–Crippen LogP) is 3.69. The van der Waals surface area contributed by atoms with Crippen molar-refractivity contribution in [3.05, 3.63) is 100 Å². The summed E-state index contributed by atoms with van der Waals surface area (Å²) in [7, 11) is -4.00. The quantitative estimate of drug-likeness (QED) is 0.321. The minimum atomic E-state index is -4.00. The van der Waals surface area contributed by atoms with Gasteiger partial charge in [-0.15, -0.1) is 0 Å². The molecule has 0 saturated heterocycles. The number of hydrogen-bond acceptors (Lipinski definition) is 5. The zero-order valence-electron chi connectivity index (χ0n) is 20.4. The highest BCUT2D eigenvalue weighted by molar-refractivity contribution is 7.89. The van der Waals surface area contributed by atoms with Crippen LogP contribution in [0.2, 0.25) is 0 Å². The molecule has 9 heteroatoms. The first-order valence-electron chi connectivity index (χ1n) is 11.4. The summed E-state index contributed by atoms with van der Waals surface area (Å²) < 4.78 is 28.6. The van der Waals surface area contributed by atoms with Crippen molar-refractivity contribution in [1.29, 1.82) is 0 Å². The van der Waals surface area contributed by atoms with Gasteiger partial charge in [-0.3, -0.25) is 4.79 Å². The average Bonchev–Trinajstić information content (AvgIpc) is 2.81. The Kier molecular flexibility index (Phi) is 8.73. The van der Waals surface area contributed by atoms with Crippen molar-refractivity contribution in [2.75, 3.05) is 13.1 Å². The summed E-state index contributed by atoms with van der Waals surface area (Å²) >= 11 is 0. The summed E-state index contributed by atoms with van der Waals surface area (Å²) in [6, 6.07) is 19.3. The number of nitrogens with zero attached hydrogens (tertiary/aromatic N) is 2. The van der Waals surface area contributed by atoms with Gasteiger partial charge in [-0.25, -0.2) is 18.6 Å². The molecule has 0 aromatic heterocycles. The third kappa shape index (κ3) is 6.65. The van der Waals surface area contributed by atoms with Crippen LogP contribution in [0.15, 0.2) is 76.7 Å². The fourth-order valence-electron chi connectivity index (χ4n) is 4.06. The molecule has 0 atom stereocenters. The third-order valence-corrected chi connectivity index (χ3v) is 7.75. The van der Waals surface area contributed by atoms with E-state index in [1.54, 1.807) is 44.2 Å². The number of aryl methyl sites for hydroxylation is 3. The highest BCUT2D eigenvalue weighted by Gasteiger charge is 2.29. The molecule has 0 radical (unpaired) electrons. The van der Waals surface area contributed by atoms with Crippen molar-refractivity contribution in [1.82, 2.24) is 9.73 Å². The van der Waals surface area contributed by atoms with Crippen LogP contribution in [0.25, 0.3) is 0 Å². The smallest absolute Gasteiger partial charge is 0.336 e. The first kappa shape index (κ1) is 26.8. The van der Waals surface area contributed by atoms with Crippen molar-refractivity contribution >= 4 is 28.1 Å². The Hall–Kier alpha value is -3.82. The largest absolute Gasteiger partial charge is 0.478 e. The lowest BCUT2D eigenvalue weighted by Gasteiger charge is -2.24. The van der Waals surface area contributed by atoms with Crippen LogP contribution in [0.3, 0.4) is 0 Å². The molecule has 36 heavy (non-hydrogen) atoms. The molecule has 3 aromatic carbocycles. The fraction of sp³-hybridized carbons (Fsp3) is 0.222. The minimum Gasteiger partial charge on any atom is -0.478 e. The van der Waals surface area contributed by atoms with Crippen molar-refractivity contribution in [3.8, 4) is 0 Å². The number of rotatable bonds is 10. The molecule has 1 amide bonds. The van der Waals surface area contributed by atoms with Gasteiger partial charge in [0, 0.05) is 12.1 Å². The van der Waals surface area contributed by atoms with Gasteiger partial charge in [0.2, 0.25) is 10.0 Å².